The van der Waals surface area contributed by atoms with Gasteiger partial charge in [-0.2, -0.15) is 0 Å². The minimum absolute atomic E-state index is 0. The minimum atomic E-state index is -0.900. The summed E-state index contributed by atoms with van der Waals surface area (Å²) in [7, 11) is 0. The maximum Gasteiger partial charge on any atom is 0.263 e. The topological polar surface area (TPSA) is 41.6 Å². The highest BCUT2D eigenvalue weighted by Crippen LogP contribution is 2.21. The second-order valence-electron chi connectivity index (χ2n) is 6.58. The molecule has 1 fully saturated rings. The monoisotopic (exact) mass is 374 g/mol. The predicted molar refractivity (Wildman–Crippen MR) is 101 cm³/mol. The van der Waals surface area contributed by atoms with E-state index in [4.69, 9.17) is 16.3 Å². The lowest BCUT2D eigenvalue weighted by molar-refractivity contribution is -0.134. The number of unbranched alkanes of at least 4 members (excludes halogenated alkanes) is 1. The van der Waals surface area contributed by atoms with Gasteiger partial charge in [0.15, 0.2) is 5.60 Å². The average Bonchev–Trinajstić information content (AvgIpc) is 3.02. The number of rotatable bonds is 8. The van der Waals surface area contributed by atoms with Gasteiger partial charge >= 0.3 is 0 Å². The Morgan fingerprint density at radius 3 is 2.46 bits per heavy atom. The van der Waals surface area contributed by atoms with Crippen LogP contribution in [0.15, 0.2) is 24.3 Å². The molecule has 0 bridgehead atoms. The number of hydrogen-bond acceptors (Lipinski definition) is 3. The number of nitrogens with zero attached hydrogens (tertiary/aromatic N) is 1. The molecule has 136 valence electrons. The van der Waals surface area contributed by atoms with Crippen molar-refractivity contribution in [3.8, 4) is 5.75 Å². The van der Waals surface area contributed by atoms with Crippen molar-refractivity contribution in [1.82, 2.24) is 10.2 Å². The minimum Gasteiger partial charge on any atom is -0.478 e. The first-order valence-electron chi connectivity index (χ1n) is 8.42. The van der Waals surface area contributed by atoms with E-state index in [1.807, 2.05) is 0 Å². The van der Waals surface area contributed by atoms with Gasteiger partial charge in [-0.15, -0.1) is 12.4 Å². The first kappa shape index (κ1) is 21.1. The molecule has 0 unspecified atom stereocenters. The normalized spacial score (nSPS) is 15.0. The Bertz CT molecular complexity index is 500. The summed E-state index contributed by atoms with van der Waals surface area (Å²) in [4.78, 5) is 14.8. The predicted octanol–water partition coefficient (Wildman–Crippen LogP) is 3.91. The van der Waals surface area contributed by atoms with Crippen LogP contribution in [0.25, 0.3) is 0 Å². The van der Waals surface area contributed by atoms with E-state index in [2.05, 4.69) is 10.2 Å². The largest absolute Gasteiger partial charge is 0.478 e. The van der Waals surface area contributed by atoms with E-state index >= 15 is 0 Å². The Hall–Kier alpha value is -0.970. The molecule has 1 aromatic rings. The van der Waals surface area contributed by atoms with Gasteiger partial charge in [-0.1, -0.05) is 11.6 Å². The lowest BCUT2D eigenvalue weighted by atomic mass is 10.1. The molecule has 0 saturated carbocycles. The van der Waals surface area contributed by atoms with Crippen LogP contribution in [0.4, 0.5) is 0 Å². The van der Waals surface area contributed by atoms with Crippen molar-refractivity contribution in [2.45, 2.75) is 45.1 Å². The third-order valence-corrected chi connectivity index (χ3v) is 4.37. The van der Waals surface area contributed by atoms with E-state index in [1.54, 1.807) is 38.1 Å². The fourth-order valence-corrected chi connectivity index (χ4v) is 2.85. The van der Waals surface area contributed by atoms with Crippen molar-refractivity contribution in [3.63, 3.8) is 0 Å². The van der Waals surface area contributed by atoms with Gasteiger partial charge < -0.3 is 15.0 Å². The Kier molecular flexibility index (Phi) is 8.88. The van der Waals surface area contributed by atoms with Crippen LogP contribution in [-0.4, -0.2) is 42.6 Å². The quantitative estimate of drug-likeness (QED) is 0.701. The molecule has 0 aromatic heterocycles. The molecular weight excluding hydrogens is 347 g/mol. The van der Waals surface area contributed by atoms with Crippen molar-refractivity contribution in [2.24, 2.45) is 0 Å². The summed E-state index contributed by atoms with van der Waals surface area (Å²) in [5.41, 5.74) is -0.900. The highest BCUT2D eigenvalue weighted by Gasteiger charge is 2.29. The number of benzene rings is 1. The summed E-state index contributed by atoms with van der Waals surface area (Å²) >= 11 is 5.85. The van der Waals surface area contributed by atoms with Gasteiger partial charge in [0, 0.05) is 11.6 Å². The summed E-state index contributed by atoms with van der Waals surface area (Å²) in [5, 5.41) is 3.62. The number of nitrogens with one attached hydrogen (secondary N) is 1. The zero-order valence-electron chi connectivity index (χ0n) is 14.5. The summed E-state index contributed by atoms with van der Waals surface area (Å²) in [5.74, 6) is 0.553. The number of carbonyl (C=O) groups excluding carboxylic acids is 1. The molecule has 1 heterocycles. The molecule has 6 heteroatoms. The number of hydrogen-bond donors (Lipinski definition) is 1. The molecule has 0 atom stereocenters. The van der Waals surface area contributed by atoms with Crippen molar-refractivity contribution >= 4 is 29.9 Å². The van der Waals surface area contributed by atoms with Crippen molar-refractivity contribution < 1.29 is 9.53 Å². The lowest BCUT2D eigenvalue weighted by Gasteiger charge is -2.25. The maximum atomic E-state index is 12.3. The third-order valence-electron chi connectivity index (χ3n) is 4.12. The Morgan fingerprint density at radius 1 is 1.21 bits per heavy atom. The van der Waals surface area contributed by atoms with Crippen LogP contribution in [-0.2, 0) is 4.79 Å². The van der Waals surface area contributed by atoms with E-state index < -0.39 is 5.60 Å². The first-order chi connectivity index (χ1) is 11.0. The van der Waals surface area contributed by atoms with Crippen LogP contribution in [0.1, 0.15) is 39.5 Å². The number of ether oxygens (including phenoxy) is 1. The van der Waals surface area contributed by atoms with Gasteiger partial charge in [-0.05, 0) is 83.4 Å². The van der Waals surface area contributed by atoms with E-state index in [0.717, 1.165) is 19.4 Å². The summed E-state index contributed by atoms with van der Waals surface area (Å²) < 4.78 is 5.78. The van der Waals surface area contributed by atoms with Gasteiger partial charge in [0.1, 0.15) is 5.75 Å². The average molecular weight is 375 g/mol. The second kappa shape index (κ2) is 10.1. The fraction of sp³-hybridized carbons (Fsp3) is 0.611. The Morgan fingerprint density at radius 2 is 1.83 bits per heavy atom. The fourth-order valence-electron chi connectivity index (χ4n) is 2.73. The van der Waals surface area contributed by atoms with Crippen molar-refractivity contribution in [3.05, 3.63) is 29.3 Å². The molecule has 1 aromatic carbocycles. The summed E-state index contributed by atoms with van der Waals surface area (Å²) in [6.07, 6.45) is 4.78. The van der Waals surface area contributed by atoms with Crippen molar-refractivity contribution in [2.75, 3.05) is 26.2 Å². The number of carbonyl (C=O) groups is 1. The molecule has 0 aliphatic carbocycles. The molecule has 0 spiro atoms. The summed E-state index contributed by atoms with van der Waals surface area (Å²) in [6.45, 7) is 7.85. The highest BCUT2D eigenvalue weighted by atomic mass is 35.5. The lowest BCUT2D eigenvalue weighted by Crippen LogP contribution is -2.46. The number of amides is 1. The van der Waals surface area contributed by atoms with Gasteiger partial charge in [-0.3, -0.25) is 4.79 Å². The zero-order valence-corrected chi connectivity index (χ0v) is 16.1. The van der Waals surface area contributed by atoms with E-state index in [1.165, 1.54) is 25.9 Å². The third kappa shape index (κ3) is 6.88. The summed E-state index contributed by atoms with van der Waals surface area (Å²) in [6, 6.07) is 7.05. The standard InChI is InChI=1S/C18H27ClN2O2.ClH/c1-18(2,23-16-9-7-15(19)8-10-16)17(22)20-11-3-4-12-21-13-5-6-14-21;/h7-10H,3-6,11-14H2,1-2H3,(H,20,22);1H. The molecule has 2 rings (SSSR count). The molecule has 1 aliphatic rings. The van der Waals surface area contributed by atoms with Crippen LogP contribution in [0.5, 0.6) is 5.75 Å². The van der Waals surface area contributed by atoms with Gasteiger partial charge in [0.05, 0.1) is 0 Å². The van der Waals surface area contributed by atoms with Crippen LogP contribution < -0.4 is 10.1 Å². The molecule has 0 radical (unpaired) electrons. The van der Waals surface area contributed by atoms with Crippen LogP contribution in [0.3, 0.4) is 0 Å². The molecule has 1 aliphatic heterocycles. The molecule has 1 amide bonds. The van der Waals surface area contributed by atoms with Crippen LogP contribution in [0.2, 0.25) is 5.02 Å². The first-order valence-corrected chi connectivity index (χ1v) is 8.80. The highest BCUT2D eigenvalue weighted by molar-refractivity contribution is 6.30. The number of halogens is 2. The molecular formula is C18H28Cl2N2O2. The smallest absolute Gasteiger partial charge is 0.263 e. The molecule has 1 N–H and O–H groups in total. The molecule has 4 nitrogen and oxygen atoms in total. The van der Waals surface area contributed by atoms with E-state index in [9.17, 15) is 4.79 Å². The number of likely N-dealkylation sites (tertiary alicyclic amines) is 1. The van der Waals surface area contributed by atoms with E-state index in [-0.39, 0.29) is 18.3 Å². The Labute approximate surface area is 156 Å². The zero-order chi connectivity index (χ0) is 16.7. The van der Waals surface area contributed by atoms with Crippen LogP contribution >= 0.6 is 24.0 Å². The maximum absolute atomic E-state index is 12.3. The van der Waals surface area contributed by atoms with E-state index in [0.29, 0.717) is 17.3 Å². The van der Waals surface area contributed by atoms with Gasteiger partial charge in [0.2, 0.25) is 0 Å². The van der Waals surface area contributed by atoms with Gasteiger partial charge in [-0.25, -0.2) is 0 Å². The van der Waals surface area contributed by atoms with Gasteiger partial charge in [0.25, 0.3) is 5.91 Å². The Balaban J connectivity index is 0.00000288. The molecule has 24 heavy (non-hydrogen) atoms. The SMILES string of the molecule is CC(C)(Oc1ccc(Cl)cc1)C(=O)NCCCCN1CCCC1.Cl. The van der Waals surface area contributed by atoms with Crippen LogP contribution in [0, 0.1) is 0 Å². The second-order valence-corrected chi connectivity index (χ2v) is 7.01. The van der Waals surface area contributed by atoms with Crippen molar-refractivity contribution in [1.29, 1.82) is 0 Å². The molecule has 1 saturated heterocycles.